The van der Waals surface area contributed by atoms with E-state index in [9.17, 15) is 0 Å². The zero-order valence-electron chi connectivity index (χ0n) is 13.0. The molecule has 6 heteroatoms. The van der Waals surface area contributed by atoms with Crippen molar-refractivity contribution in [1.29, 1.82) is 0 Å². The first-order valence-electron chi connectivity index (χ1n) is 7.83. The van der Waals surface area contributed by atoms with Crippen LogP contribution in [0.5, 0.6) is 0 Å². The first-order chi connectivity index (χ1) is 11.1. The number of nitrogens with one attached hydrogen (secondary N) is 1. The minimum Gasteiger partial charge on any atom is -0.369 e. The van der Waals surface area contributed by atoms with E-state index in [1.54, 1.807) is 12.3 Å². The molecule has 2 aromatic rings. The van der Waals surface area contributed by atoms with Crippen LogP contribution in [0.4, 0.5) is 5.82 Å². The number of aromatic nitrogens is 2. The second kappa shape index (κ2) is 7.73. The zero-order chi connectivity index (χ0) is 16.2. The van der Waals surface area contributed by atoms with E-state index in [4.69, 9.17) is 23.2 Å². The third-order valence-corrected chi connectivity index (χ3v) is 6.16. The Bertz CT molecular complexity index is 688. The normalized spacial score (nSPS) is 15.1. The zero-order valence-corrected chi connectivity index (χ0v) is 15.3. The molecule has 0 radical (unpaired) electrons. The van der Waals surface area contributed by atoms with Gasteiger partial charge in [-0.25, -0.2) is 9.97 Å². The molecule has 0 amide bonds. The van der Waals surface area contributed by atoms with Gasteiger partial charge in [-0.1, -0.05) is 53.9 Å². The van der Waals surface area contributed by atoms with Gasteiger partial charge in [0.1, 0.15) is 10.8 Å². The average molecular weight is 368 g/mol. The van der Waals surface area contributed by atoms with Gasteiger partial charge in [-0.15, -0.1) is 0 Å². The summed E-state index contributed by atoms with van der Waals surface area (Å²) in [5, 5.41) is 5.37. The molecule has 1 aliphatic rings. The number of rotatable bonds is 5. The van der Waals surface area contributed by atoms with Crippen LogP contribution in [0.2, 0.25) is 10.0 Å². The highest BCUT2D eigenvalue weighted by atomic mass is 35.5. The molecule has 1 aromatic carbocycles. The molecule has 0 bridgehead atoms. The van der Waals surface area contributed by atoms with E-state index in [1.165, 1.54) is 37.4 Å². The summed E-state index contributed by atoms with van der Waals surface area (Å²) >= 11 is 13.8. The maximum Gasteiger partial charge on any atom is 0.144 e. The van der Waals surface area contributed by atoms with Crippen molar-refractivity contribution < 1.29 is 0 Å². The summed E-state index contributed by atoms with van der Waals surface area (Å²) in [6.07, 6.45) is 7.14. The maximum atomic E-state index is 6.24. The van der Waals surface area contributed by atoms with Crippen molar-refractivity contribution in [2.24, 2.45) is 5.92 Å². The quantitative estimate of drug-likeness (QED) is 0.719. The molecule has 1 aliphatic carbocycles. The fourth-order valence-corrected chi connectivity index (χ4v) is 4.11. The molecular formula is C17H19Cl2N3S. The molecule has 1 heterocycles. The van der Waals surface area contributed by atoms with E-state index < -0.39 is 0 Å². The average Bonchev–Trinajstić information content (AvgIpc) is 3.05. The number of benzene rings is 1. The third-order valence-electron chi connectivity index (χ3n) is 4.07. The van der Waals surface area contributed by atoms with Crippen LogP contribution in [-0.2, 0) is 0 Å². The summed E-state index contributed by atoms with van der Waals surface area (Å²) in [5.41, 5.74) is 0.891. The lowest BCUT2D eigenvalue weighted by molar-refractivity contribution is 0.578. The van der Waals surface area contributed by atoms with E-state index in [0.29, 0.717) is 10.0 Å². The van der Waals surface area contributed by atoms with E-state index in [2.05, 4.69) is 15.3 Å². The van der Waals surface area contributed by atoms with Crippen LogP contribution in [0.15, 0.2) is 34.3 Å². The standard InChI is InChI=1S/C17H19Cl2N3S/c1-11-17(23-14-8-4-7-13(18)16(14)19)21-10-15(22-11)20-9-12-5-2-3-6-12/h4,7-8,10,12H,2-3,5-6,9H2,1H3,(H,20,22). The molecule has 0 atom stereocenters. The molecule has 1 fully saturated rings. The molecule has 1 N–H and O–H groups in total. The monoisotopic (exact) mass is 367 g/mol. The lowest BCUT2D eigenvalue weighted by Crippen LogP contribution is -2.12. The lowest BCUT2D eigenvalue weighted by Gasteiger charge is -2.12. The number of hydrogen-bond acceptors (Lipinski definition) is 4. The van der Waals surface area contributed by atoms with Gasteiger partial charge in [-0.3, -0.25) is 0 Å². The molecule has 0 saturated heterocycles. The fourth-order valence-electron chi connectivity index (χ4n) is 2.79. The molecule has 3 nitrogen and oxygen atoms in total. The number of halogens is 2. The van der Waals surface area contributed by atoms with Crippen LogP contribution in [0.25, 0.3) is 0 Å². The summed E-state index contributed by atoms with van der Waals surface area (Å²) in [6, 6.07) is 5.60. The van der Waals surface area contributed by atoms with Gasteiger partial charge in [0.25, 0.3) is 0 Å². The molecule has 0 aliphatic heterocycles. The van der Waals surface area contributed by atoms with Gasteiger partial charge in [0, 0.05) is 11.4 Å². The number of hydrogen-bond donors (Lipinski definition) is 1. The topological polar surface area (TPSA) is 37.8 Å². The van der Waals surface area contributed by atoms with Crippen molar-refractivity contribution in [3.63, 3.8) is 0 Å². The van der Waals surface area contributed by atoms with Crippen molar-refractivity contribution in [3.05, 3.63) is 40.1 Å². The maximum absolute atomic E-state index is 6.24. The van der Waals surface area contributed by atoms with Gasteiger partial charge >= 0.3 is 0 Å². The summed E-state index contributed by atoms with van der Waals surface area (Å²) in [6.45, 7) is 2.95. The number of nitrogens with zero attached hydrogens (tertiary/aromatic N) is 2. The van der Waals surface area contributed by atoms with Crippen molar-refractivity contribution in [3.8, 4) is 0 Å². The van der Waals surface area contributed by atoms with Crippen LogP contribution in [0.3, 0.4) is 0 Å². The SMILES string of the molecule is Cc1nc(NCC2CCCC2)cnc1Sc1cccc(Cl)c1Cl. The van der Waals surface area contributed by atoms with E-state index in [0.717, 1.165) is 33.9 Å². The van der Waals surface area contributed by atoms with Gasteiger partial charge in [0.2, 0.25) is 0 Å². The molecule has 3 rings (SSSR count). The Kier molecular flexibility index (Phi) is 5.67. The minimum absolute atomic E-state index is 0.553. The van der Waals surface area contributed by atoms with Crippen molar-refractivity contribution >= 4 is 40.8 Å². The molecule has 1 aromatic heterocycles. The smallest absolute Gasteiger partial charge is 0.144 e. The summed E-state index contributed by atoms with van der Waals surface area (Å²) < 4.78 is 0. The molecule has 23 heavy (non-hydrogen) atoms. The Morgan fingerprint density at radius 3 is 2.78 bits per heavy atom. The van der Waals surface area contributed by atoms with Crippen LogP contribution in [-0.4, -0.2) is 16.5 Å². The Morgan fingerprint density at radius 1 is 1.26 bits per heavy atom. The lowest BCUT2D eigenvalue weighted by atomic mass is 10.1. The van der Waals surface area contributed by atoms with Crippen molar-refractivity contribution in [2.45, 2.75) is 42.5 Å². The number of anilines is 1. The summed E-state index contributed by atoms with van der Waals surface area (Å²) in [5.74, 6) is 1.62. The first kappa shape index (κ1) is 16.9. The van der Waals surface area contributed by atoms with Gasteiger partial charge in [0.15, 0.2) is 0 Å². The Hall–Kier alpha value is -0.970. The second-order valence-electron chi connectivity index (χ2n) is 5.83. The van der Waals surface area contributed by atoms with Crippen molar-refractivity contribution in [1.82, 2.24) is 9.97 Å². The van der Waals surface area contributed by atoms with Gasteiger partial charge in [-0.05, 0) is 37.8 Å². The first-order valence-corrected chi connectivity index (χ1v) is 9.40. The summed E-state index contributed by atoms with van der Waals surface area (Å²) in [4.78, 5) is 10.0. The van der Waals surface area contributed by atoms with E-state index in [-0.39, 0.29) is 0 Å². The van der Waals surface area contributed by atoms with Crippen LogP contribution in [0, 0.1) is 12.8 Å². The van der Waals surface area contributed by atoms with E-state index in [1.807, 2.05) is 19.1 Å². The van der Waals surface area contributed by atoms with Crippen molar-refractivity contribution in [2.75, 3.05) is 11.9 Å². The van der Waals surface area contributed by atoms with Gasteiger partial charge in [-0.2, -0.15) is 0 Å². The molecule has 0 spiro atoms. The largest absolute Gasteiger partial charge is 0.369 e. The molecular weight excluding hydrogens is 349 g/mol. The second-order valence-corrected chi connectivity index (χ2v) is 7.65. The van der Waals surface area contributed by atoms with E-state index >= 15 is 0 Å². The Balaban J connectivity index is 1.67. The highest BCUT2D eigenvalue weighted by Crippen LogP contribution is 2.37. The highest BCUT2D eigenvalue weighted by molar-refractivity contribution is 7.99. The van der Waals surface area contributed by atoms with Gasteiger partial charge in [0.05, 0.1) is 21.9 Å². The summed E-state index contributed by atoms with van der Waals surface area (Å²) in [7, 11) is 0. The molecule has 1 saturated carbocycles. The third kappa shape index (κ3) is 4.31. The minimum atomic E-state index is 0.553. The predicted molar refractivity (Wildman–Crippen MR) is 97.8 cm³/mol. The van der Waals surface area contributed by atoms with Crippen LogP contribution < -0.4 is 5.32 Å². The molecule has 122 valence electrons. The Morgan fingerprint density at radius 2 is 2.04 bits per heavy atom. The fraction of sp³-hybridized carbons (Fsp3) is 0.412. The Labute approximate surface area is 151 Å². The number of aryl methyl sites for hydroxylation is 1. The predicted octanol–water partition coefficient (Wildman–Crippen LogP) is 5.85. The van der Waals surface area contributed by atoms with Crippen LogP contribution >= 0.6 is 35.0 Å². The van der Waals surface area contributed by atoms with Crippen LogP contribution in [0.1, 0.15) is 31.4 Å². The van der Waals surface area contributed by atoms with Gasteiger partial charge < -0.3 is 5.32 Å². The molecule has 0 unspecified atom stereocenters. The highest BCUT2D eigenvalue weighted by Gasteiger charge is 2.15.